The summed E-state index contributed by atoms with van der Waals surface area (Å²) in [6, 6.07) is 14.5. The molecule has 0 saturated carbocycles. The van der Waals surface area contributed by atoms with Gasteiger partial charge in [0.1, 0.15) is 6.54 Å². The van der Waals surface area contributed by atoms with E-state index in [0.29, 0.717) is 23.6 Å². The van der Waals surface area contributed by atoms with Crippen molar-refractivity contribution >= 4 is 17.5 Å². The van der Waals surface area contributed by atoms with Crippen molar-refractivity contribution in [2.24, 2.45) is 0 Å². The van der Waals surface area contributed by atoms with Crippen LogP contribution in [0.2, 0.25) is 0 Å². The number of aromatic nitrogens is 4. The van der Waals surface area contributed by atoms with Gasteiger partial charge in [0.2, 0.25) is 11.7 Å². The van der Waals surface area contributed by atoms with E-state index in [2.05, 4.69) is 26.0 Å². The van der Waals surface area contributed by atoms with E-state index in [0.717, 1.165) is 11.1 Å². The Kier molecular flexibility index (Phi) is 5.55. The zero-order valence-corrected chi connectivity index (χ0v) is 15.1. The van der Waals surface area contributed by atoms with Gasteiger partial charge in [0.05, 0.1) is 0 Å². The van der Waals surface area contributed by atoms with Gasteiger partial charge < -0.3 is 10.6 Å². The minimum absolute atomic E-state index is 0.0791. The molecule has 0 aliphatic rings. The van der Waals surface area contributed by atoms with E-state index < -0.39 is 0 Å². The Labute approximate surface area is 156 Å². The number of nitrogens with one attached hydrogen (secondary N) is 2. The van der Waals surface area contributed by atoms with Crippen molar-refractivity contribution in [2.45, 2.75) is 20.4 Å². The zero-order chi connectivity index (χ0) is 19.2. The normalized spacial score (nSPS) is 10.4. The van der Waals surface area contributed by atoms with Crippen molar-refractivity contribution in [1.82, 2.24) is 25.5 Å². The van der Waals surface area contributed by atoms with Crippen LogP contribution in [0.1, 0.15) is 22.8 Å². The number of carbonyl (C=O) groups excluding carboxylic acids is 2. The van der Waals surface area contributed by atoms with E-state index in [1.165, 1.54) is 4.80 Å². The molecule has 0 aliphatic heterocycles. The van der Waals surface area contributed by atoms with Crippen LogP contribution in [0.3, 0.4) is 0 Å². The predicted octanol–water partition coefficient (Wildman–Crippen LogP) is 2.04. The lowest BCUT2D eigenvalue weighted by Crippen LogP contribution is -2.23. The molecule has 2 aromatic carbocycles. The largest absolute Gasteiger partial charge is 0.352 e. The summed E-state index contributed by atoms with van der Waals surface area (Å²) in [5.41, 5.74) is 2.99. The lowest BCUT2D eigenvalue weighted by molar-refractivity contribution is -0.117. The van der Waals surface area contributed by atoms with Crippen LogP contribution in [0.15, 0.2) is 48.5 Å². The smallest absolute Gasteiger partial charge is 0.251 e. The third-order valence-electron chi connectivity index (χ3n) is 3.79. The number of tetrazole rings is 1. The molecule has 138 valence electrons. The van der Waals surface area contributed by atoms with Crippen LogP contribution in [0.5, 0.6) is 0 Å². The number of benzene rings is 2. The quantitative estimate of drug-likeness (QED) is 0.697. The third kappa shape index (κ3) is 4.75. The monoisotopic (exact) mass is 364 g/mol. The molecule has 27 heavy (non-hydrogen) atoms. The van der Waals surface area contributed by atoms with Gasteiger partial charge in [-0.25, -0.2) is 0 Å². The number of rotatable bonds is 6. The Bertz CT molecular complexity index is 949. The highest BCUT2D eigenvalue weighted by atomic mass is 16.2. The van der Waals surface area contributed by atoms with Crippen molar-refractivity contribution in [1.29, 1.82) is 0 Å². The number of aryl methyl sites for hydroxylation is 1. The van der Waals surface area contributed by atoms with Crippen LogP contribution >= 0.6 is 0 Å². The molecule has 0 saturated heterocycles. The fourth-order valence-electron chi connectivity index (χ4n) is 2.46. The van der Waals surface area contributed by atoms with Crippen LogP contribution in [0.25, 0.3) is 11.4 Å². The Balaban J connectivity index is 1.64. The molecule has 2 amide bonds. The van der Waals surface area contributed by atoms with Gasteiger partial charge in [0.15, 0.2) is 0 Å². The molecule has 1 heterocycles. The zero-order valence-electron chi connectivity index (χ0n) is 15.1. The maximum atomic E-state index is 12.2. The summed E-state index contributed by atoms with van der Waals surface area (Å²) in [7, 11) is 0. The van der Waals surface area contributed by atoms with Gasteiger partial charge >= 0.3 is 0 Å². The first-order valence-electron chi connectivity index (χ1n) is 8.58. The van der Waals surface area contributed by atoms with E-state index >= 15 is 0 Å². The molecule has 0 radical (unpaired) electrons. The molecule has 0 spiro atoms. The second kappa shape index (κ2) is 8.22. The standard InChI is InChI=1S/C19H20N6O2/c1-3-20-19(27)15-5-4-6-16(11-15)21-17(26)12-25-23-18(22-24-25)14-9-7-13(2)8-10-14/h4-11H,3,12H2,1-2H3,(H,20,27)(H,21,26). The molecule has 3 rings (SSSR count). The summed E-state index contributed by atoms with van der Waals surface area (Å²) in [4.78, 5) is 25.3. The van der Waals surface area contributed by atoms with Crippen LogP contribution < -0.4 is 10.6 Å². The van der Waals surface area contributed by atoms with Gasteiger partial charge in [0, 0.05) is 23.4 Å². The van der Waals surface area contributed by atoms with Crippen LogP contribution in [0, 0.1) is 6.92 Å². The fraction of sp³-hybridized carbons (Fsp3) is 0.211. The van der Waals surface area contributed by atoms with Gasteiger partial charge in [-0.1, -0.05) is 35.9 Å². The van der Waals surface area contributed by atoms with Crippen LogP contribution in [-0.2, 0) is 11.3 Å². The van der Waals surface area contributed by atoms with E-state index in [9.17, 15) is 9.59 Å². The van der Waals surface area contributed by atoms with Gasteiger partial charge in [-0.15, -0.1) is 10.2 Å². The van der Waals surface area contributed by atoms with Crippen molar-refractivity contribution < 1.29 is 9.59 Å². The first kappa shape index (κ1) is 18.2. The lowest BCUT2D eigenvalue weighted by Gasteiger charge is -2.07. The maximum Gasteiger partial charge on any atom is 0.251 e. The first-order chi connectivity index (χ1) is 13.0. The highest BCUT2D eigenvalue weighted by molar-refractivity contribution is 5.97. The summed E-state index contributed by atoms with van der Waals surface area (Å²) in [5.74, 6) is -0.0359. The molecule has 8 nitrogen and oxygen atoms in total. The predicted molar refractivity (Wildman–Crippen MR) is 101 cm³/mol. The van der Waals surface area contributed by atoms with Crippen LogP contribution in [0.4, 0.5) is 5.69 Å². The average molecular weight is 364 g/mol. The minimum Gasteiger partial charge on any atom is -0.352 e. The number of anilines is 1. The van der Waals surface area contributed by atoms with Crippen molar-refractivity contribution in [3.63, 3.8) is 0 Å². The second-order valence-electron chi connectivity index (χ2n) is 6.00. The lowest BCUT2D eigenvalue weighted by atomic mass is 10.1. The molecule has 0 unspecified atom stereocenters. The summed E-state index contributed by atoms with van der Waals surface area (Å²) >= 11 is 0. The van der Waals surface area contributed by atoms with Crippen molar-refractivity contribution in [3.8, 4) is 11.4 Å². The molecule has 1 aromatic heterocycles. The molecular formula is C19H20N6O2. The molecule has 0 aliphatic carbocycles. The summed E-state index contributed by atoms with van der Waals surface area (Å²) in [5, 5.41) is 17.6. The van der Waals surface area contributed by atoms with Crippen molar-refractivity contribution in [2.75, 3.05) is 11.9 Å². The molecule has 8 heteroatoms. The molecule has 2 N–H and O–H groups in total. The Morgan fingerprint density at radius 1 is 1.11 bits per heavy atom. The number of hydrogen-bond acceptors (Lipinski definition) is 5. The van der Waals surface area contributed by atoms with E-state index in [4.69, 9.17) is 0 Å². The molecule has 0 atom stereocenters. The van der Waals surface area contributed by atoms with Gasteiger partial charge in [-0.05, 0) is 37.3 Å². The molecule has 3 aromatic rings. The van der Waals surface area contributed by atoms with Gasteiger partial charge in [-0.3, -0.25) is 9.59 Å². The Morgan fingerprint density at radius 2 is 1.89 bits per heavy atom. The Hall–Kier alpha value is -3.55. The number of amides is 2. The van der Waals surface area contributed by atoms with Crippen molar-refractivity contribution in [3.05, 3.63) is 59.7 Å². The molecule has 0 fully saturated rings. The highest BCUT2D eigenvalue weighted by Crippen LogP contribution is 2.14. The molecular weight excluding hydrogens is 344 g/mol. The topological polar surface area (TPSA) is 102 Å². The highest BCUT2D eigenvalue weighted by Gasteiger charge is 2.11. The second-order valence-corrected chi connectivity index (χ2v) is 6.00. The minimum atomic E-state index is -0.309. The van der Waals surface area contributed by atoms with E-state index in [-0.39, 0.29) is 18.4 Å². The summed E-state index contributed by atoms with van der Waals surface area (Å²) < 4.78 is 0. The van der Waals surface area contributed by atoms with Crippen LogP contribution in [-0.4, -0.2) is 38.6 Å². The van der Waals surface area contributed by atoms with E-state index in [1.807, 2.05) is 38.1 Å². The third-order valence-corrected chi connectivity index (χ3v) is 3.79. The van der Waals surface area contributed by atoms with E-state index in [1.54, 1.807) is 24.3 Å². The average Bonchev–Trinajstić information content (AvgIpc) is 3.11. The Morgan fingerprint density at radius 3 is 2.63 bits per heavy atom. The number of hydrogen-bond donors (Lipinski definition) is 2. The SMILES string of the molecule is CCNC(=O)c1cccc(NC(=O)Cn2nnc(-c3ccc(C)cc3)n2)c1. The molecule has 0 bridgehead atoms. The summed E-state index contributed by atoms with van der Waals surface area (Å²) in [6.45, 7) is 4.31. The maximum absolute atomic E-state index is 12.2. The van der Waals surface area contributed by atoms with Gasteiger partial charge in [0.25, 0.3) is 5.91 Å². The fourth-order valence-corrected chi connectivity index (χ4v) is 2.46. The first-order valence-corrected chi connectivity index (χ1v) is 8.58. The summed E-state index contributed by atoms with van der Waals surface area (Å²) in [6.07, 6.45) is 0. The van der Waals surface area contributed by atoms with Gasteiger partial charge in [-0.2, -0.15) is 4.80 Å². The number of carbonyl (C=O) groups is 2. The number of nitrogens with zero attached hydrogens (tertiary/aromatic N) is 4.